The molecule has 0 spiro atoms. The van der Waals surface area contributed by atoms with Crippen molar-refractivity contribution < 1.29 is 0 Å². The van der Waals surface area contributed by atoms with Crippen molar-refractivity contribution in [2.75, 3.05) is 0 Å². The molecule has 5 heterocycles. The summed E-state index contributed by atoms with van der Waals surface area (Å²) in [5.41, 5.74) is 6.50. The number of hydrogen-bond acceptors (Lipinski definition) is 10. The summed E-state index contributed by atoms with van der Waals surface area (Å²) >= 11 is 0. The van der Waals surface area contributed by atoms with E-state index < -0.39 is 0 Å². The van der Waals surface area contributed by atoms with Crippen molar-refractivity contribution in [3.05, 3.63) is 59.5 Å². The molecular weight excluding hydrogens is 1090 g/mol. The maximum atomic E-state index is 4.20. The molecule has 0 atom stereocenters. The Labute approximate surface area is 542 Å². The summed E-state index contributed by atoms with van der Waals surface area (Å²) < 4.78 is 10.4. The van der Waals surface area contributed by atoms with Crippen molar-refractivity contribution in [1.29, 1.82) is 0 Å². The topological polar surface area (TPSA) is 154 Å². The zero-order chi connectivity index (χ0) is 65.5. The van der Waals surface area contributed by atoms with Crippen molar-refractivity contribution in [2.45, 2.75) is 351 Å². The molecule has 508 valence electrons. The van der Waals surface area contributed by atoms with Gasteiger partial charge < -0.3 is 0 Å². The maximum absolute atomic E-state index is 4.20. The van der Waals surface area contributed by atoms with Gasteiger partial charge in [0.1, 0.15) is 0 Å². The first kappa shape index (κ1) is 81.7. The number of hydrogen-bond donors (Lipinski definition) is 0. The Bertz CT molecular complexity index is 2160. The van der Waals surface area contributed by atoms with Gasteiger partial charge in [0.05, 0.1) is 59.5 Å². The largest absolute Gasteiger partial charge is 0.249 e. The van der Waals surface area contributed by atoms with Gasteiger partial charge in [-0.2, -0.15) is 0 Å². The van der Waals surface area contributed by atoms with Crippen molar-refractivity contribution >= 4 is 0 Å². The summed E-state index contributed by atoms with van der Waals surface area (Å²) in [6.45, 7) is 50.3. The molecule has 0 saturated carbocycles. The highest BCUT2D eigenvalue weighted by Gasteiger charge is 2.11. The van der Waals surface area contributed by atoms with E-state index >= 15 is 0 Å². The molecule has 0 aliphatic carbocycles. The van der Waals surface area contributed by atoms with Crippen molar-refractivity contribution in [1.82, 2.24) is 75.0 Å². The molecule has 0 aliphatic heterocycles. The van der Waals surface area contributed by atoms with Crippen LogP contribution in [0.2, 0.25) is 0 Å². The third kappa shape index (κ3) is 45.0. The Morgan fingerprint density at radius 2 is 0.398 bits per heavy atom. The van der Waals surface area contributed by atoms with Gasteiger partial charge in [-0.25, -0.2) is 23.4 Å². The Hall–Kier alpha value is -4.30. The number of unbranched alkanes of at least 4 members (excludes halogenated alkanes) is 10. The molecule has 0 fully saturated rings. The van der Waals surface area contributed by atoms with E-state index in [0.717, 1.165) is 112 Å². The molecule has 0 amide bonds. The van der Waals surface area contributed by atoms with E-state index in [-0.39, 0.29) is 0 Å². The maximum Gasteiger partial charge on any atom is 0.0725 e. The second-order valence-electron chi connectivity index (χ2n) is 30.0. The van der Waals surface area contributed by atoms with Gasteiger partial charge in [-0.15, -0.1) is 25.5 Å². The molecule has 5 rings (SSSR count). The Kier molecular flexibility index (Phi) is 47.7. The van der Waals surface area contributed by atoms with Gasteiger partial charge in [0, 0.05) is 32.7 Å². The van der Waals surface area contributed by atoms with Gasteiger partial charge in [-0.3, -0.25) is 0 Å². The third-order valence-corrected chi connectivity index (χ3v) is 15.9. The Morgan fingerprint density at radius 3 is 0.636 bits per heavy atom. The fraction of sp³-hybridized carbons (Fsp3) is 0.863. The molecule has 0 aliphatic rings. The normalized spacial score (nSPS) is 11.7. The number of nitrogens with zero attached hydrogens (tertiary/aromatic N) is 15. The highest BCUT2D eigenvalue weighted by atomic mass is 15.4. The smallest absolute Gasteiger partial charge is 0.0725 e. The molecule has 5 aromatic rings. The summed E-state index contributed by atoms with van der Waals surface area (Å²) in [6, 6.07) is 0. The molecule has 15 heteroatoms. The van der Waals surface area contributed by atoms with Crippen LogP contribution in [0.25, 0.3) is 0 Å². The van der Waals surface area contributed by atoms with Crippen LogP contribution in [-0.2, 0) is 64.8 Å². The van der Waals surface area contributed by atoms with Crippen molar-refractivity contribution in [3.8, 4) is 0 Å². The predicted octanol–water partition coefficient (Wildman–Crippen LogP) is 19.6. The van der Waals surface area contributed by atoms with E-state index in [1.165, 1.54) is 176 Å². The van der Waals surface area contributed by atoms with Gasteiger partial charge in [0.25, 0.3) is 0 Å². The van der Waals surface area contributed by atoms with Gasteiger partial charge in [0.2, 0.25) is 0 Å². The summed E-state index contributed by atoms with van der Waals surface area (Å²) in [7, 11) is 0. The van der Waals surface area contributed by atoms with Gasteiger partial charge >= 0.3 is 0 Å². The second kappa shape index (κ2) is 51.3. The van der Waals surface area contributed by atoms with E-state index in [4.69, 9.17) is 0 Å². The number of aryl methyl sites for hydroxylation is 8. The van der Waals surface area contributed by atoms with Crippen LogP contribution >= 0.6 is 0 Å². The summed E-state index contributed by atoms with van der Waals surface area (Å²) in [5.74, 6) is 7.63. The van der Waals surface area contributed by atoms with Crippen LogP contribution < -0.4 is 0 Å². The third-order valence-electron chi connectivity index (χ3n) is 15.9. The lowest BCUT2D eigenvalue weighted by Gasteiger charge is -2.08. The van der Waals surface area contributed by atoms with Crippen LogP contribution in [0.3, 0.4) is 0 Å². The lowest BCUT2D eigenvalue weighted by atomic mass is 10.0. The minimum absolute atomic E-state index is 0.636. The van der Waals surface area contributed by atoms with Crippen LogP contribution in [0.15, 0.2) is 31.0 Å². The second-order valence-corrected chi connectivity index (χ2v) is 30.0. The standard InChI is InChI=1S/C17H33N3.4C14H27N3/c1-15(2)10-8-6-5-7-9-11-17-14-18-19-20(17)13-12-16(3)4;2*1-12(2)7-5-6-8-14-11-15-16-17(14)10-9-13(3)4;2*1-12(2)8-6-5-7-9-14-10-15-16-17(14)11-13(3)4/h14-16H,5-13H2,1-4H3;2*11-13H,5-10H2,1-4H3;2*10,12-13H,5-9,11H2,1-4H3. The van der Waals surface area contributed by atoms with Crippen LogP contribution in [-0.4, -0.2) is 75.0 Å². The lowest BCUT2D eigenvalue weighted by molar-refractivity contribution is 0.453. The zero-order valence-corrected chi connectivity index (χ0v) is 61.2. The highest BCUT2D eigenvalue weighted by Crippen LogP contribution is 2.17. The first-order valence-corrected chi connectivity index (χ1v) is 36.3. The van der Waals surface area contributed by atoms with E-state index in [1.807, 2.05) is 31.0 Å². The number of rotatable bonds is 43. The molecule has 15 nitrogen and oxygen atoms in total. The Morgan fingerprint density at radius 1 is 0.216 bits per heavy atom. The zero-order valence-electron chi connectivity index (χ0n) is 61.2. The van der Waals surface area contributed by atoms with Crippen LogP contribution in [0.4, 0.5) is 0 Å². The monoisotopic (exact) mass is 1230 g/mol. The average molecular weight is 1230 g/mol. The molecule has 88 heavy (non-hydrogen) atoms. The summed E-state index contributed by atoms with van der Waals surface area (Å²) in [4.78, 5) is 0. The van der Waals surface area contributed by atoms with Gasteiger partial charge in [0.15, 0.2) is 0 Å². The minimum Gasteiger partial charge on any atom is -0.249 e. The molecular formula is C73H141N15. The van der Waals surface area contributed by atoms with E-state index in [1.54, 1.807) is 0 Å². The van der Waals surface area contributed by atoms with Crippen LogP contribution in [0, 0.1) is 59.2 Å². The molecule has 0 unspecified atom stereocenters. The fourth-order valence-electron chi connectivity index (χ4n) is 10.2. The molecule has 0 radical (unpaired) electrons. The van der Waals surface area contributed by atoms with Crippen LogP contribution in [0.1, 0.15) is 315 Å². The van der Waals surface area contributed by atoms with Gasteiger partial charge in [-0.1, -0.05) is 261 Å². The summed E-state index contributed by atoms with van der Waals surface area (Å²) in [5, 5.41) is 41.0. The average Bonchev–Trinajstić information content (AvgIpc) is 4.36. The lowest BCUT2D eigenvalue weighted by Crippen LogP contribution is -2.09. The first-order valence-electron chi connectivity index (χ1n) is 36.3. The molecule has 5 aromatic heterocycles. The van der Waals surface area contributed by atoms with E-state index in [9.17, 15) is 0 Å². The fourth-order valence-corrected chi connectivity index (χ4v) is 10.2. The van der Waals surface area contributed by atoms with Crippen LogP contribution in [0.5, 0.6) is 0 Å². The predicted molar refractivity (Wildman–Crippen MR) is 373 cm³/mol. The van der Waals surface area contributed by atoms with E-state index in [2.05, 4.69) is 213 Å². The molecule has 0 bridgehead atoms. The molecule has 0 N–H and O–H groups in total. The minimum atomic E-state index is 0.636. The van der Waals surface area contributed by atoms with E-state index in [0.29, 0.717) is 11.8 Å². The van der Waals surface area contributed by atoms with Crippen molar-refractivity contribution in [2.24, 2.45) is 59.2 Å². The molecule has 0 aromatic carbocycles. The van der Waals surface area contributed by atoms with Crippen molar-refractivity contribution in [3.63, 3.8) is 0 Å². The Balaban J connectivity index is 0.000000551. The van der Waals surface area contributed by atoms with Gasteiger partial charge in [-0.05, 0) is 143 Å². The SMILES string of the molecule is CC(C)CCCCCCCc1cnnn1CCC(C)C.CC(C)CCCCCc1cnnn1CC(C)C.CC(C)CCCCCc1cnnn1CC(C)C.CC(C)CCCCc1cnnn1CCC(C)C.CC(C)CCCCc1cnnn1CCC(C)C. The highest BCUT2D eigenvalue weighted by molar-refractivity contribution is 4.97. The molecule has 0 saturated heterocycles. The quantitative estimate of drug-likeness (QED) is 0.0345. The summed E-state index contributed by atoms with van der Waals surface area (Å²) in [6.07, 6.45) is 45.3. The number of aromatic nitrogens is 15. The first-order chi connectivity index (χ1) is 42.0.